The second kappa shape index (κ2) is 4.23. The Morgan fingerprint density at radius 3 is 2.61 bits per heavy atom. The summed E-state index contributed by atoms with van der Waals surface area (Å²) in [4.78, 5) is 15.1. The van der Waals surface area contributed by atoms with Gasteiger partial charge < -0.3 is 0 Å². The van der Waals surface area contributed by atoms with Crippen LogP contribution >= 0.6 is 11.6 Å². The molecule has 0 fully saturated rings. The number of hydrogen-bond acceptors (Lipinski definition) is 3. The Labute approximate surface area is 108 Å². The molecule has 0 amide bonds. The van der Waals surface area contributed by atoms with E-state index in [4.69, 9.17) is 11.6 Å². The van der Waals surface area contributed by atoms with Crippen molar-refractivity contribution in [3.63, 3.8) is 0 Å². The molecule has 18 heavy (non-hydrogen) atoms. The summed E-state index contributed by atoms with van der Waals surface area (Å²) >= 11 is 5.83. The van der Waals surface area contributed by atoms with Crippen molar-refractivity contribution < 1.29 is 4.79 Å². The van der Waals surface area contributed by atoms with Gasteiger partial charge in [0.05, 0.1) is 0 Å². The van der Waals surface area contributed by atoms with Crippen molar-refractivity contribution in [2.24, 2.45) is 0 Å². The summed E-state index contributed by atoms with van der Waals surface area (Å²) < 4.78 is 1.59. The molecular weight excluding hydrogens is 250 g/mol. The highest BCUT2D eigenvalue weighted by atomic mass is 35.5. The summed E-state index contributed by atoms with van der Waals surface area (Å²) in [6.07, 6.45) is 2.43. The quantitative estimate of drug-likeness (QED) is 0.663. The summed E-state index contributed by atoms with van der Waals surface area (Å²) in [7, 11) is 0. The summed E-state index contributed by atoms with van der Waals surface area (Å²) in [5.41, 5.74) is 2.15. The first-order valence-electron chi connectivity index (χ1n) is 5.34. The average molecular weight is 258 g/mol. The molecule has 3 aromatic rings. The van der Waals surface area contributed by atoms with Crippen LogP contribution in [0.15, 0.2) is 42.6 Å². The van der Waals surface area contributed by atoms with Gasteiger partial charge in [0.15, 0.2) is 17.8 Å². The van der Waals surface area contributed by atoms with Gasteiger partial charge in [-0.25, -0.2) is 9.50 Å². The number of fused-ring (bicyclic) bond motifs is 1. The van der Waals surface area contributed by atoms with Crippen molar-refractivity contribution in [2.75, 3.05) is 0 Å². The molecular formula is C13H8ClN3O. The molecule has 0 atom stereocenters. The van der Waals surface area contributed by atoms with Crippen LogP contribution in [0.3, 0.4) is 0 Å². The van der Waals surface area contributed by atoms with E-state index in [0.717, 1.165) is 11.8 Å². The van der Waals surface area contributed by atoms with Crippen molar-refractivity contribution in [3.05, 3.63) is 53.2 Å². The number of aldehydes is 1. The normalized spacial score (nSPS) is 10.7. The van der Waals surface area contributed by atoms with E-state index in [-0.39, 0.29) is 0 Å². The zero-order chi connectivity index (χ0) is 12.5. The Bertz CT molecular complexity index is 719. The SMILES string of the molecule is O=Cc1ccc2nc(-c3ccc(Cl)cc3)nn2c1. The minimum absolute atomic E-state index is 0.565. The molecule has 0 spiro atoms. The molecule has 0 saturated heterocycles. The van der Waals surface area contributed by atoms with Crippen LogP contribution in [-0.2, 0) is 0 Å². The molecule has 2 heterocycles. The van der Waals surface area contributed by atoms with Gasteiger partial charge >= 0.3 is 0 Å². The van der Waals surface area contributed by atoms with Gasteiger partial charge in [0.2, 0.25) is 0 Å². The lowest BCUT2D eigenvalue weighted by atomic mass is 10.2. The molecule has 0 saturated carbocycles. The first-order chi connectivity index (χ1) is 8.76. The van der Waals surface area contributed by atoms with Crippen molar-refractivity contribution in [3.8, 4) is 11.4 Å². The van der Waals surface area contributed by atoms with E-state index >= 15 is 0 Å². The second-order valence-electron chi connectivity index (χ2n) is 3.83. The highest BCUT2D eigenvalue weighted by Crippen LogP contribution is 2.19. The third kappa shape index (κ3) is 1.87. The lowest BCUT2D eigenvalue weighted by molar-refractivity contribution is 0.112. The monoisotopic (exact) mass is 257 g/mol. The van der Waals surface area contributed by atoms with Gasteiger partial charge in [-0.05, 0) is 36.4 Å². The molecule has 88 valence electrons. The second-order valence-corrected chi connectivity index (χ2v) is 4.26. The summed E-state index contributed by atoms with van der Waals surface area (Å²) in [5, 5.41) is 5.00. The van der Waals surface area contributed by atoms with Gasteiger partial charge in [-0.2, -0.15) is 0 Å². The van der Waals surface area contributed by atoms with E-state index in [0.29, 0.717) is 22.1 Å². The number of hydrogen-bond donors (Lipinski definition) is 0. The topological polar surface area (TPSA) is 47.3 Å². The molecule has 1 aromatic carbocycles. The Balaban J connectivity index is 2.12. The standard InChI is InChI=1S/C13H8ClN3O/c14-11-4-2-10(3-5-11)13-15-12-6-1-9(8-18)7-17(12)16-13/h1-8H. The van der Waals surface area contributed by atoms with E-state index in [9.17, 15) is 4.79 Å². The molecule has 5 heteroatoms. The van der Waals surface area contributed by atoms with Gasteiger partial charge in [-0.3, -0.25) is 4.79 Å². The number of halogens is 1. The third-order valence-electron chi connectivity index (χ3n) is 2.59. The van der Waals surface area contributed by atoms with Crippen molar-refractivity contribution in [1.82, 2.24) is 14.6 Å². The fourth-order valence-corrected chi connectivity index (χ4v) is 1.82. The lowest BCUT2D eigenvalue weighted by Gasteiger charge is -1.93. The zero-order valence-corrected chi connectivity index (χ0v) is 10.0. The Morgan fingerprint density at radius 1 is 1.11 bits per heavy atom. The molecule has 0 aliphatic heterocycles. The first-order valence-corrected chi connectivity index (χ1v) is 5.71. The zero-order valence-electron chi connectivity index (χ0n) is 9.25. The molecule has 3 rings (SSSR count). The van der Waals surface area contributed by atoms with Crippen molar-refractivity contribution in [2.45, 2.75) is 0 Å². The molecule has 0 radical (unpaired) electrons. The predicted molar refractivity (Wildman–Crippen MR) is 68.8 cm³/mol. The van der Waals surface area contributed by atoms with Crippen LogP contribution in [0.25, 0.3) is 17.0 Å². The van der Waals surface area contributed by atoms with Crippen LogP contribution in [0.5, 0.6) is 0 Å². The van der Waals surface area contributed by atoms with Crippen LogP contribution in [0.4, 0.5) is 0 Å². The van der Waals surface area contributed by atoms with E-state index in [2.05, 4.69) is 10.1 Å². The van der Waals surface area contributed by atoms with Gasteiger partial charge in [-0.1, -0.05) is 11.6 Å². The third-order valence-corrected chi connectivity index (χ3v) is 2.84. The van der Waals surface area contributed by atoms with E-state index in [1.165, 1.54) is 0 Å². The average Bonchev–Trinajstić information content (AvgIpc) is 2.82. The van der Waals surface area contributed by atoms with Crippen LogP contribution in [0.2, 0.25) is 5.02 Å². The van der Waals surface area contributed by atoms with Gasteiger partial charge in [0, 0.05) is 22.3 Å². The summed E-state index contributed by atoms with van der Waals surface area (Å²) in [6, 6.07) is 10.8. The van der Waals surface area contributed by atoms with Crippen molar-refractivity contribution in [1.29, 1.82) is 0 Å². The fourth-order valence-electron chi connectivity index (χ4n) is 1.69. The van der Waals surface area contributed by atoms with Crippen LogP contribution in [-0.4, -0.2) is 20.9 Å². The molecule has 0 aliphatic carbocycles. The van der Waals surface area contributed by atoms with Gasteiger partial charge in [-0.15, -0.1) is 5.10 Å². The summed E-state index contributed by atoms with van der Waals surface area (Å²) in [6.45, 7) is 0. The van der Waals surface area contributed by atoms with E-state index in [1.54, 1.807) is 35.0 Å². The van der Waals surface area contributed by atoms with Crippen LogP contribution < -0.4 is 0 Å². The maximum Gasteiger partial charge on any atom is 0.182 e. The number of nitrogens with zero attached hydrogens (tertiary/aromatic N) is 3. The van der Waals surface area contributed by atoms with Crippen molar-refractivity contribution >= 4 is 23.5 Å². The van der Waals surface area contributed by atoms with Crippen LogP contribution in [0, 0.1) is 0 Å². The van der Waals surface area contributed by atoms with Gasteiger partial charge in [0.25, 0.3) is 0 Å². The largest absolute Gasteiger partial charge is 0.298 e. The molecule has 0 N–H and O–H groups in total. The fraction of sp³-hybridized carbons (Fsp3) is 0. The molecule has 2 aromatic heterocycles. The number of rotatable bonds is 2. The molecule has 0 bridgehead atoms. The Hall–Kier alpha value is -2.20. The Morgan fingerprint density at radius 2 is 1.89 bits per heavy atom. The predicted octanol–water partition coefficient (Wildman–Crippen LogP) is 2.86. The highest BCUT2D eigenvalue weighted by molar-refractivity contribution is 6.30. The molecule has 4 nitrogen and oxygen atoms in total. The molecule has 0 aliphatic rings. The lowest BCUT2D eigenvalue weighted by Crippen LogP contribution is -1.90. The van der Waals surface area contributed by atoms with Crippen LogP contribution in [0.1, 0.15) is 10.4 Å². The number of benzene rings is 1. The van der Waals surface area contributed by atoms with E-state index in [1.807, 2.05) is 12.1 Å². The smallest absolute Gasteiger partial charge is 0.182 e. The summed E-state index contributed by atoms with van der Waals surface area (Å²) in [5.74, 6) is 0.606. The number of carbonyl (C=O) groups excluding carboxylic acids is 1. The Kier molecular flexibility index (Phi) is 2.57. The number of pyridine rings is 1. The molecule has 0 unspecified atom stereocenters. The number of carbonyl (C=O) groups is 1. The first kappa shape index (κ1) is 10.9. The highest BCUT2D eigenvalue weighted by Gasteiger charge is 2.06. The maximum atomic E-state index is 10.7. The minimum Gasteiger partial charge on any atom is -0.298 e. The maximum absolute atomic E-state index is 10.7. The van der Waals surface area contributed by atoms with Gasteiger partial charge in [0.1, 0.15) is 0 Å². The van der Waals surface area contributed by atoms with E-state index < -0.39 is 0 Å². The number of aromatic nitrogens is 3. The minimum atomic E-state index is 0.565.